The minimum atomic E-state index is -0.817. The van der Waals surface area contributed by atoms with Crippen LogP contribution in [0.15, 0.2) is 0 Å². The fourth-order valence-corrected chi connectivity index (χ4v) is 0.771. The van der Waals surface area contributed by atoms with Gasteiger partial charge < -0.3 is 14.9 Å². The Balaban J connectivity index is 3.39. The lowest BCUT2D eigenvalue weighted by Crippen LogP contribution is -2.21. The average Bonchev–Trinajstić information content (AvgIpc) is 2.00. The van der Waals surface area contributed by atoms with E-state index in [1.807, 2.05) is 20.8 Å². The fourth-order valence-electron chi connectivity index (χ4n) is 0.771. The zero-order valence-corrected chi connectivity index (χ0v) is 8.16. The SMILES string of the molecule is CCC(O)CC(O)OCC(C)C. The predicted octanol–water partition coefficient (Wildman–Crippen LogP) is 1.14. The molecule has 0 aromatic carbocycles. The van der Waals surface area contributed by atoms with Crippen LogP contribution in [0.2, 0.25) is 0 Å². The molecule has 0 heterocycles. The first-order valence-corrected chi connectivity index (χ1v) is 4.54. The maximum absolute atomic E-state index is 9.22. The van der Waals surface area contributed by atoms with Crippen LogP contribution >= 0.6 is 0 Å². The highest BCUT2D eigenvalue weighted by Crippen LogP contribution is 2.04. The number of aliphatic hydroxyl groups is 2. The second-order valence-electron chi connectivity index (χ2n) is 3.48. The van der Waals surface area contributed by atoms with Gasteiger partial charge in [0.15, 0.2) is 6.29 Å². The topological polar surface area (TPSA) is 49.7 Å². The van der Waals surface area contributed by atoms with Crippen molar-refractivity contribution < 1.29 is 14.9 Å². The molecule has 0 bridgehead atoms. The van der Waals surface area contributed by atoms with Gasteiger partial charge in [-0.3, -0.25) is 0 Å². The molecule has 0 fully saturated rings. The van der Waals surface area contributed by atoms with Crippen molar-refractivity contribution in [3.63, 3.8) is 0 Å². The van der Waals surface area contributed by atoms with Gasteiger partial charge in [0.25, 0.3) is 0 Å². The number of rotatable bonds is 6. The van der Waals surface area contributed by atoms with Crippen LogP contribution in [-0.4, -0.2) is 29.2 Å². The van der Waals surface area contributed by atoms with E-state index in [9.17, 15) is 5.11 Å². The first-order valence-electron chi connectivity index (χ1n) is 4.54. The van der Waals surface area contributed by atoms with Gasteiger partial charge in [-0.2, -0.15) is 0 Å². The van der Waals surface area contributed by atoms with E-state index in [-0.39, 0.29) is 0 Å². The molecule has 0 saturated heterocycles. The van der Waals surface area contributed by atoms with Crippen LogP contribution in [0.25, 0.3) is 0 Å². The highest BCUT2D eigenvalue weighted by molar-refractivity contribution is 4.54. The molecule has 0 aliphatic carbocycles. The van der Waals surface area contributed by atoms with E-state index in [2.05, 4.69) is 0 Å². The highest BCUT2D eigenvalue weighted by Gasteiger charge is 2.10. The number of aliphatic hydroxyl groups excluding tert-OH is 2. The van der Waals surface area contributed by atoms with Crippen molar-refractivity contribution in [2.45, 2.75) is 46.0 Å². The summed E-state index contributed by atoms with van der Waals surface area (Å²) < 4.78 is 5.07. The second-order valence-corrected chi connectivity index (χ2v) is 3.48. The van der Waals surface area contributed by atoms with Gasteiger partial charge in [-0.15, -0.1) is 0 Å². The van der Waals surface area contributed by atoms with Crippen LogP contribution in [0, 0.1) is 5.92 Å². The molecule has 74 valence electrons. The van der Waals surface area contributed by atoms with Crippen molar-refractivity contribution in [3.05, 3.63) is 0 Å². The van der Waals surface area contributed by atoms with E-state index >= 15 is 0 Å². The van der Waals surface area contributed by atoms with Gasteiger partial charge in [0.2, 0.25) is 0 Å². The monoisotopic (exact) mass is 176 g/mol. The molecule has 0 aliphatic rings. The Bertz CT molecular complexity index is 104. The maximum atomic E-state index is 9.22. The van der Waals surface area contributed by atoms with Crippen molar-refractivity contribution in [2.24, 2.45) is 5.92 Å². The Kier molecular flexibility index (Phi) is 6.34. The molecule has 12 heavy (non-hydrogen) atoms. The highest BCUT2D eigenvalue weighted by atomic mass is 16.6. The van der Waals surface area contributed by atoms with Crippen molar-refractivity contribution in [3.8, 4) is 0 Å². The summed E-state index contributed by atoms with van der Waals surface area (Å²) in [4.78, 5) is 0. The van der Waals surface area contributed by atoms with Gasteiger partial charge in [-0.05, 0) is 12.3 Å². The third-order valence-corrected chi connectivity index (χ3v) is 1.57. The lowest BCUT2D eigenvalue weighted by Gasteiger charge is -2.16. The summed E-state index contributed by atoms with van der Waals surface area (Å²) in [5.74, 6) is 0.415. The third kappa shape index (κ3) is 6.58. The predicted molar refractivity (Wildman–Crippen MR) is 47.7 cm³/mol. The fraction of sp³-hybridized carbons (Fsp3) is 1.00. The summed E-state index contributed by atoms with van der Waals surface area (Å²) in [6.45, 7) is 6.45. The molecule has 0 radical (unpaired) electrons. The first kappa shape index (κ1) is 11.9. The Morgan fingerprint density at radius 1 is 1.25 bits per heavy atom. The quantitative estimate of drug-likeness (QED) is 0.597. The van der Waals surface area contributed by atoms with E-state index in [1.54, 1.807) is 0 Å². The smallest absolute Gasteiger partial charge is 0.157 e. The molecule has 2 N–H and O–H groups in total. The molecule has 0 saturated carbocycles. The summed E-state index contributed by atoms with van der Waals surface area (Å²) >= 11 is 0. The summed E-state index contributed by atoms with van der Waals surface area (Å²) in [6, 6.07) is 0. The minimum Gasteiger partial charge on any atom is -0.393 e. The van der Waals surface area contributed by atoms with Crippen LogP contribution in [0.1, 0.15) is 33.6 Å². The van der Waals surface area contributed by atoms with Crippen molar-refractivity contribution in [1.82, 2.24) is 0 Å². The van der Waals surface area contributed by atoms with Gasteiger partial charge >= 0.3 is 0 Å². The molecular formula is C9H20O3. The van der Waals surface area contributed by atoms with Gasteiger partial charge in [-0.25, -0.2) is 0 Å². The molecule has 3 nitrogen and oxygen atoms in total. The molecule has 0 aliphatic heterocycles. The molecule has 0 amide bonds. The van der Waals surface area contributed by atoms with Crippen LogP contribution in [0.3, 0.4) is 0 Å². The molecule has 0 spiro atoms. The molecule has 2 atom stereocenters. The maximum Gasteiger partial charge on any atom is 0.157 e. The summed E-state index contributed by atoms with van der Waals surface area (Å²) in [5, 5.41) is 18.4. The standard InChI is InChI=1S/C9H20O3/c1-4-8(10)5-9(11)12-6-7(2)3/h7-11H,4-6H2,1-3H3. The largest absolute Gasteiger partial charge is 0.393 e. The van der Waals surface area contributed by atoms with Crippen LogP contribution in [0.4, 0.5) is 0 Å². The minimum absolute atomic E-state index is 0.309. The zero-order chi connectivity index (χ0) is 9.56. The van der Waals surface area contributed by atoms with Gasteiger partial charge in [0.05, 0.1) is 12.7 Å². The van der Waals surface area contributed by atoms with Gasteiger partial charge in [-0.1, -0.05) is 20.8 Å². The molecule has 0 aromatic heterocycles. The molecular weight excluding hydrogens is 156 g/mol. The lowest BCUT2D eigenvalue weighted by atomic mass is 10.2. The summed E-state index contributed by atoms with van der Waals surface area (Å²) in [6.07, 6.45) is -0.305. The lowest BCUT2D eigenvalue weighted by molar-refractivity contribution is -0.126. The Labute approximate surface area is 74.4 Å². The van der Waals surface area contributed by atoms with E-state index in [4.69, 9.17) is 9.84 Å². The van der Waals surface area contributed by atoms with Crippen molar-refractivity contribution in [2.75, 3.05) is 6.61 Å². The summed E-state index contributed by atoms with van der Waals surface area (Å²) in [5.41, 5.74) is 0. The zero-order valence-electron chi connectivity index (χ0n) is 8.16. The van der Waals surface area contributed by atoms with Crippen molar-refractivity contribution in [1.29, 1.82) is 0 Å². The average molecular weight is 176 g/mol. The molecule has 0 aromatic rings. The molecule has 0 rings (SSSR count). The van der Waals surface area contributed by atoms with Crippen LogP contribution in [-0.2, 0) is 4.74 Å². The van der Waals surface area contributed by atoms with Crippen LogP contribution < -0.4 is 0 Å². The van der Waals surface area contributed by atoms with E-state index in [0.717, 1.165) is 0 Å². The van der Waals surface area contributed by atoms with E-state index in [1.165, 1.54) is 0 Å². The summed E-state index contributed by atoms with van der Waals surface area (Å²) in [7, 11) is 0. The molecule has 3 heteroatoms. The molecule has 2 unspecified atom stereocenters. The van der Waals surface area contributed by atoms with E-state index in [0.29, 0.717) is 25.4 Å². The first-order chi connectivity index (χ1) is 5.56. The Morgan fingerprint density at radius 2 is 1.83 bits per heavy atom. The van der Waals surface area contributed by atoms with Crippen molar-refractivity contribution >= 4 is 0 Å². The number of ether oxygens (including phenoxy) is 1. The normalized spacial score (nSPS) is 16.5. The third-order valence-electron chi connectivity index (χ3n) is 1.57. The van der Waals surface area contributed by atoms with Gasteiger partial charge in [0.1, 0.15) is 0 Å². The van der Waals surface area contributed by atoms with Crippen LogP contribution in [0.5, 0.6) is 0 Å². The second kappa shape index (κ2) is 6.40. The Morgan fingerprint density at radius 3 is 2.25 bits per heavy atom. The Hall–Kier alpha value is -0.120. The van der Waals surface area contributed by atoms with E-state index < -0.39 is 12.4 Å². The number of hydrogen-bond acceptors (Lipinski definition) is 3. The van der Waals surface area contributed by atoms with Gasteiger partial charge in [0, 0.05) is 6.42 Å². The number of hydrogen-bond donors (Lipinski definition) is 2.